The highest BCUT2D eigenvalue weighted by Gasteiger charge is 2.20. The maximum Gasteiger partial charge on any atom is 0.289 e. The smallest absolute Gasteiger partial charge is 0.289 e. The average Bonchev–Trinajstić information content (AvgIpc) is 3.05. The molecule has 0 spiro atoms. The number of ether oxygens (including phenoxy) is 2. The Kier molecular flexibility index (Phi) is 5.30. The van der Waals surface area contributed by atoms with Crippen molar-refractivity contribution in [2.75, 3.05) is 19.5 Å². The molecule has 3 aromatic rings. The normalized spacial score (nSPS) is 10.5. The number of amides is 2. The largest absolute Gasteiger partial charge is 0.497 e. The molecule has 0 saturated carbocycles. The minimum atomic E-state index is -1.05. The Hall–Kier alpha value is -3.81. The number of Topliss-reactive ketones (excluding diaryl/α,β-unsaturated/α-hetero) is 1. The van der Waals surface area contributed by atoms with Crippen molar-refractivity contribution in [1.82, 2.24) is 4.57 Å². The molecule has 0 unspecified atom stereocenters. The maximum atomic E-state index is 12.6. The molecule has 144 valence electrons. The lowest BCUT2D eigenvalue weighted by Crippen LogP contribution is -2.23. The van der Waals surface area contributed by atoms with Crippen molar-refractivity contribution >= 4 is 34.2 Å². The molecule has 1 aromatic heterocycles. The fraction of sp³-hybridized carbons (Fsp3) is 0.150. The average molecular weight is 381 g/mol. The fourth-order valence-corrected chi connectivity index (χ4v) is 2.95. The van der Waals surface area contributed by atoms with Gasteiger partial charge in [-0.15, -0.1) is 0 Å². The second-order valence-corrected chi connectivity index (χ2v) is 6.00. The second-order valence-electron chi connectivity index (χ2n) is 6.00. The number of rotatable bonds is 7. The molecule has 0 aliphatic carbocycles. The van der Waals surface area contributed by atoms with Gasteiger partial charge in [-0.25, -0.2) is 0 Å². The molecule has 0 bridgehead atoms. The van der Waals surface area contributed by atoms with Gasteiger partial charge in [0.25, 0.3) is 11.7 Å². The molecule has 28 heavy (non-hydrogen) atoms. The van der Waals surface area contributed by atoms with Gasteiger partial charge in [-0.3, -0.25) is 14.4 Å². The fourth-order valence-electron chi connectivity index (χ4n) is 2.95. The molecule has 3 rings (SSSR count). The number of primary amides is 1. The number of para-hydroxylation sites is 1. The number of anilines is 1. The van der Waals surface area contributed by atoms with Crippen LogP contribution < -0.4 is 20.5 Å². The predicted molar refractivity (Wildman–Crippen MR) is 104 cm³/mol. The minimum Gasteiger partial charge on any atom is -0.497 e. The number of nitrogens with zero attached hydrogens (tertiary/aromatic N) is 1. The van der Waals surface area contributed by atoms with Crippen molar-refractivity contribution < 1.29 is 23.9 Å². The number of fused-ring (bicyclic) bond motifs is 1. The Balaban J connectivity index is 1.90. The summed E-state index contributed by atoms with van der Waals surface area (Å²) in [6.07, 6.45) is 1.46. The molecule has 2 amide bonds. The predicted octanol–water partition coefficient (Wildman–Crippen LogP) is 1.97. The van der Waals surface area contributed by atoms with E-state index in [1.807, 2.05) is 0 Å². The van der Waals surface area contributed by atoms with Crippen LogP contribution in [0.25, 0.3) is 10.9 Å². The van der Waals surface area contributed by atoms with Crippen LogP contribution in [-0.2, 0) is 16.1 Å². The summed E-state index contributed by atoms with van der Waals surface area (Å²) in [5.74, 6) is -1.14. The highest BCUT2D eigenvalue weighted by molar-refractivity contribution is 6.44. The minimum absolute atomic E-state index is 0.0765. The lowest BCUT2D eigenvalue weighted by atomic mass is 10.1. The van der Waals surface area contributed by atoms with E-state index in [4.69, 9.17) is 15.2 Å². The quantitative estimate of drug-likeness (QED) is 0.480. The van der Waals surface area contributed by atoms with Crippen LogP contribution in [0.4, 0.5) is 5.69 Å². The first-order valence-electron chi connectivity index (χ1n) is 8.38. The van der Waals surface area contributed by atoms with Gasteiger partial charge in [0.05, 0.1) is 25.5 Å². The first-order chi connectivity index (χ1) is 13.4. The van der Waals surface area contributed by atoms with E-state index in [2.05, 4.69) is 5.32 Å². The van der Waals surface area contributed by atoms with Crippen molar-refractivity contribution in [3.8, 4) is 11.5 Å². The number of hydrogen-bond donors (Lipinski definition) is 2. The zero-order valence-electron chi connectivity index (χ0n) is 15.4. The van der Waals surface area contributed by atoms with Crippen molar-refractivity contribution in [3.63, 3.8) is 0 Å². The number of aromatic nitrogens is 1. The van der Waals surface area contributed by atoms with Gasteiger partial charge in [0.1, 0.15) is 18.0 Å². The molecule has 8 heteroatoms. The maximum absolute atomic E-state index is 12.6. The van der Waals surface area contributed by atoms with Crippen LogP contribution in [0.3, 0.4) is 0 Å². The van der Waals surface area contributed by atoms with Gasteiger partial charge in [0.15, 0.2) is 0 Å². The van der Waals surface area contributed by atoms with Crippen molar-refractivity contribution in [1.29, 1.82) is 0 Å². The molecule has 2 aromatic carbocycles. The van der Waals surface area contributed by atoms with E-state index in [1.165, 1.54) is 20.4 Å². The summed E-state index contributed by atoms with van der Waals surface area (Å²) in [5.41, 5.74) is 6.38. The van der Waals surface area contributed by atoms with Gasteiger partial charge in [-0.2, -0.15) is 0 Å². The lowest BCUT2D eigenvalue weighted by Gasteiger charge is -2.12. The molecular weight excluding hydrogens is 362 g/mol. The third-order valence-corrected chi connectivity index (χ3v) is 4.25. The number of nitrogens with two attached hydrogens (primary N) is 1. The topological polar surface area (TPSA) is 113 Å². The monoisotopic (exact) mass is 381 g/mol. The molecule has 0 fully saturated rings. The van der Waals surface area contributed by atoms with E-state index >= 15 is 0 Å². The van der Waals surface area contributed by atoms with Gasteiger partial charge in [0.2, 0.25) is 5.91 Å². The number of methoxy groups -OCH3 is 2. The third kappa shape index (κ3) is 3.66. The van der Waals surface area contributed by atoms with E-state index in [0.717, 1.165) is 0 Å². The van der Waals surface area contributed by atoms with Crippen LogP contribution in [0.5, 0.6) is 11.5 Å². The molecule has 0 radical (unpaired) electrons. The Labute approximate surface area is 160 Å². The van der Waals surface area contributed by atoms with Gasteiger partial charge in [-0.1, -0.05) is 18.2 Å². The molecule has 8 nitrogen and oxygen atoms in total. The number of hydrogen-bond acceptors (Lipinski definition) is 5. The van der Waals surface area contributed by atoms with E-state index in [0.29, 0.717) is 28.1 Å². The van der Waals surface area contributed by atoms with Gasteiger partial charge in [0, 0.05) is 23.2 Å². The highest BCUT2D eigenvalue weighted by atomic mass is 16.5. The zero-order chi connectivity index (χ0) is 20.3. The molecule has 1 heterocycles. The van der Waals surface area contributed by atoms with Crippen LogP contribution in [-0.4, -0.2) is 36.4 Å². The summed E-state index contributed by atoms with van der Waals surface area (Å²) in [5, 5.41) is 3.32. The van der Waals surface area contributed by atoms with Crippen LogP contribution >= 0.6 is 0 Å². The number of benzene rings is 2. The van der Waals surface area contributed by atoms with Gasteiger partial charge in [-0.05, 0) is 18.2 Å². The molecule has 0 aliphatic heterocycles. The number of nitrogens with one attached hydrogen (secondary N) is 1. The number of carbonyl (C=O) groups excluding carboxylic acids is 3. The van der Waals surface area contributed by atoms with E-state index in [9.17, 15) is 14.4 Å². The molecular formula is C20H19N3O5. The van der Waals surface area contributed by atoms with Crippen molar-refractivity contribution in [2.45, 2.75) is 6.54 Å². The standard InChI is InChI=1S/C20H19N3O5/c1-27-12-7-8-17(28-2)15(9-12)22-18(24)11-23-10-14(19(25)20(21)26)13-5-3-4-6-16(13)23/h3-10H,11H2,1-2H3,(H2,21,26)(H,22,24). The second kappa shape index (κ2) is 7.83. The summed E-state index contributed by atoms with van der Waals surface area (Å²) < 4.78 is 12.0. The first-order valence-corrected chi connectivity index (χ1v) is 8.38. The van der Waals surface area contributed by atoms with Crippen molar-refractivity contribution in [2.24, 2.45) is 5.73 Å². The molecule has 0 aliphatic rings. The number of ketones is 1. The summed E-state index contributed by atoms with van der Waals surface area (Å²) in [6, 6.07) is 12.0. The first kappa shape index (κ1) is 19.0. The summed E-state index contributed by atoms with van der Waals surface area (Å²) in [7, 11) is 3.02. The van der Waals surface area contributed by atoms with E-state index in [-0.39, 0.29) is 18.0 Å². The summed E-state index contributed by atoms with van der Waals surface area (Å²) in [6.45, 7) is -0.0765. The third-order valence-electron chi connectivity index (χ3n) is 4.25. The molecule has 0 saturated heterocycles. The van der Waals surface area contributed by atoms with Crippen LogP contribution in [0, 0.1) is 0 Å². The van der Waals surface area contributed by atoms with Crippen LogP contribution in [0.2, 0.25) is 0 Å². The number of carbonyl (C=O) groups is 3. The Bertz CT molecular complexity index is 1070. The molecule has 3 N–H and O–H groups in total. The zero-order valence-corrected chi connectivity index (χ0v) is 15.4. The SMILES string of the molecule is COc1ccc(OC)c(NC(=O)Cn2cc(C(=O)C(N)=O)c3ccccc32)c1. The van der Waals surface area contributed by atoms with Crippen LogP contribution in [0.15, 0.2) is 48.7 Å². The lowest BCUT2D eigenvalue weighted by molar-refractivity contribution is -0.116. The molecule has 0 atom stereocenters. The summed E-state index contributed by atoms with van der Waals surface area (Å²) in [4.78, 5) is 36.0. The van der Waals surface area contributed by atoms with Crippen molar-refractivity contribution in [3.05, 3.63) is 54.2 Å². The Morgan fingerprint density at radius 2 is 1.82 bits per heavy atom. The summed E-state index contributed by atoms with van der Waals surface area (Å²) >= 11 is 0. The van der Waals surface area contributed by atoms with E-state index in [1.54, 1.807) is 47.0 Å². The Morgan fingerprint density at radius 1 is 1.07 bits per heavy atom. The van der Waals surface area contributed by atoms with Gasteiger partial charge < -0.3 is 25.1 Å². The van der Waals surface area contributed by atoms with Crippen LogP contribution in [0.1, 0.15) is 10.4 Å². The Morgan fingerprint density at radius 3 is 2.50 bits per heavy atom. The highest BCUT2D eigenvalue weighted by Crippen LogP contribution is 2.29. The van der Waals surface area contributed by atoms with Gasteiger partial charge >= 0.3 is 0 Å². The van der Waals surface area contributed by atoms with E-state index < -0.39 is 11.7 Å².